The second kappa shape index (κ2) is 3.96. The Hall–Kier alpha value is -1.14. The molecule has 0 bridgehead atoms. The van der Waals surface area contributed by atoms with Gasteiger partial charge in [0.05, 0.1) is 24.5 Å². The molecule has 5 nitrogen and oxygen atoms in total. The Balaban J connectivity index is 1.55. The summed E-state index contributed by atoms with van der Waals surface area (Å²) in [5.41, 5.74) is 0. The third-order valence-electron chi connectivity index (χ3n) is 3.06. The minimum absolute atomic E-state index is 0.0345. The number of sulfonamides is 1. The quantitative estimate of drug-likeness (QED) is 0.791. The summed E-state index contributed by atoms with van der Waals surface area (Å²) in [6, 6.07) is 3.62. The Labute approximate surface area is 100 Å². The fourth-order valence-electron chi connectivity index (χ4n) is 1.87. The summed E-state index contributed by atoms with van der Waals surface area (Å²) >= 11 is 0. The predicted octanol–water partition coefficient (Wildman–Crippen LogP) is 0.637. The first kappa shape index (κ1) is 11.0. The normalized spacial score (nSPS) is 22.1. The van der Waals surface area contributed by atoms with Crippen molar-refractivity contribution >= 4 is 10.0 Å². The molecule has 1 saturated heterocycles. The molecule has 0 aromatic carbocycles. The number of ether oxygens (including phenoxy) is 1. The van der Waals surface area contributed by atoms with Crippen molar-refractivity contribution < 1.29 is 13.2 Å². The van der Waals surface area contributed by atoms with Gasteiger partial charge in [-0.3, -0.25) is 4.98 Å². The van der Waals surface area contributed by atoms with Gasteiger partial charge < -0.3 is 4.74 Å². The summed E-state index contributed by atoms with van der Waals surface area (Å²) in [7, 11) is -3.02. The molecular formula is C11H14N2O3S. The van der Waals surface area contributed by atoms with Gasteiger partial charge in [0, 0.05) is 6.20 Å². The smallest absolute Gasteiger partial charge is 0.217 e. The molecule has 0 spiro atoms. The average Bonchev–Trinajstić information content (AvgIpc) is 3.07. The SMILES string of the molecule is O=S(=O)(C1CC1)N1CC(Oc2cccnc2)C1. The summed E-state index contributed by atoms with van der Waals surface area (Å²) in [5, 5.41) is -0.123. The van der Waals surface area contributed by atoms with Crippen LogP contribution in [-0.2, 0) is 10.0 Å². The highest BCUT2D eigenvalue weighted by Gasteiger charge is 2.45. The van der Waals surface area contributed by atoms with Crippen molar-refractivity contribution in [3.63, 3.8) is 0 Å². The molecule has 0 radical (unpaired) electrons. The van der Waals surface area contributed by atoms with E-state index in [1.807, 2.05) is 6.07 Å². The monoisotopic (exact) mass is 254 g/mol. The molecule has 1 aromatic heterocycles. The van der Waals surface area contributed by atoms with Crippen LogP contribution in [0.3, 0.4) is 0 Å². The number of aromatic nitrogens is 1. The molecule has 0 atom stereocenters. The zero-order chi connectivity index (χ0) is 11.9. The third kappa shape index (κ3) is 2.14. The highest BCUT2D eigenvalue weighted by atomic mass is 32.2. The molecule has 17 heavy (non-hydrogen) atoms. The summed E-state index contributed by atoms with van der Waals surface area (Å²) in [5.74, 6) is 0.695. The first-order valence-corrected chi connectivity index (χ1v) is 7.22. The van der Waals surface area contributed by atoms with Crippen LogP contribution in [0.4, 0.5) is 0 Å². The van der Waals surface area contributed by atoms with Gasteiger partial charge in [-0.2, -0.15) is 4.31 Å². The number of hydrogen-bond acceptors (Lipinski definition) is 4. The molecule has 6 heteroatoms. The van der Waals surface area contributed by atoms with E-state index in [2.05, 4.69) is 4.98 Å². The van der Waals surface area contributed by atoms with Crippen LogP contribution >= 0.6 is 0 Å². The van der Waals surface area contributed by atoms with Gasteiger partial charge in [-0.05, 0) is 25.0 Å². The molecular weight excluding hydrogens is 240 g/mol. The van der Waals surface area contributed by atoms with Gasteiger partial charge in [0.25, 0.3) is 0 Å². The number of nitrogens with zero attached hydrogens (tertiary/aromatic N) is 2. The molecule has 0 unspecified atom stereocenters. The second-order valence-electron chi connectivity index (χ2n) is 4.49. The lowest BCUT2D eigenvalue weighted by atomic mass is 10.2. The molecule has 2 fully saturated rings. The van der Waals surface area contributed by atoms with Crippen LogP contribution in [0.25, 0.3) is 0 Å². The Bertz CT molecular complexity index is 493. The van der Waals surface area contributed by atoms with Crippen molar-refractivity contribution in [1.82, 2.24) is 9.29 Å². The third-order valence-corrected chi connectivity index (χ3v) is 5.39. The maximum Gasteiger partial charge on any atom is 0.217 e. The first-order valence-electron chi connectivity index (χ1n) is 5.72. The van der Waals surface area contributed by atoms with E-state index < -0.39 is 10.0 Å². The fraction of sp³-hybridized carbons (Fsp3) is 0.545. The lowest BCUT2D eigenvalue weighted by Crippen LogP contribution is -2.56. The first-order chi connectivity index (χ1) is 8.16. The summed E-state index contributed by atoms with van der Waals surface area (Å²) in [6.45, 7) is 0.932. The number of hydrogen-bond donors (Lipinski definition) is 0. The van der Waals surface area contributed by atoms with Crippen molar-refractivity contribution in [2.75, 3.05) is 13.1 Å². The van der Waals surface area contributed by atoms with E-state index >= 15 is 0 Å². The van der Waals surface area contributed by atoms with Crippen molar-refractivity contribution in [3.05, 3.63) is 24.5 Å². The molecule has 1 aliphatic carbocycles. The van der Waals surface area contributed by atoms with E-state index in [4.69, 9.17) is 4.74 Å². The lowest BCUT2D eigenvalue weighted by molar-refractivity contribution is 0.0757. The zero-order valence-corrected chi connectivity index (χ0v) is 10.1. The van der Waals surface area contributed by atoms with Crippen molar-refractivity contribution in [2.24, 2.45) is 0 Å². The van der Waals surface area contributed by atoms with Crippen LogP contribution in [0.1, 0.15) is 12.8 Å². The Morgan fingerprint density at radius 3 is 2.71 bits per heavy atom. The maximum atomic E-state index is 11.8. The van der Waals surface area contributed by atoms with Crippen molar-refractivity contribution in [1.29, 1.82) is 0 Å². The van der Waals surface area contributed by atoms with Gasteiger partial charge in [0.15, 0.2) is 0 Å². The number of rotatable bonds is 4. The topological polar surface area (TPSA) is 59.5 Å². The Morgan fingerprint density at radius 2 is 2.12 bits per heavy atom. The molecule has 1 aromatic rings. The highest BCUT2D eigenvalue weighted by Crippen LogP contribution is 2.33. The maximum absolute atomic E-state index is 11.8. The zero-order valence-electron chi connectivity index (χ0n) is 9.32. The van der Waals surface area contributed by atoms with E-state index in [-0.39, 0.29) is 11.4 Å². The number of pyridine rings is 1. The highest BCUT2D eigenvalue weighted by molar-refractivity contribution is 7.90. The molecule has 1 saturated carbocycles. The lowest BCUT2D eigenvalue weighted by Gasteiger charge is -2.37. The molecule has 3 rings (SSSR count). The van der Waals surface area contributed by atoms with Crippen LogP contribution in [0, 0.1) is 0 Å². The van der Waals surface area contributed by atoms with Crippen LogP contribution in [-0.4, -0.2) is 42.2 Å². The Morgan fingerprint density at radius 1 is 1.35 bits per heavy atom. The predicted molar refractivity (Wildman–Crippen MR) is 62.2 cm³/mol. The average molecular weight is 254 g/mol. The van der Waals surface area contributed by atoms with Crippen LogP contribution in [0.2, 0.25) is 0 Å². The fourth-order valence-corrected chi connectivity index (χ4v) is 3.77. The summed E-state index contributed by atoms with van der Waals surface area (Å²) < 4.78 is 30.8. The van der Waals surface area contributed by atoms with Crippen LogP contribution < -0.4 is 4.74 Å². The summed E-state index contributed by atoms with van der Waals surface area (Å²) in [6.07, 6.45) is 4.91. The molecule has 0 N–H and O–H groups in total. The minimum atomic E-state index is -3.02. The van der Waals surface area contributed by atoms with E-state index in [0.29, 0.717) is 18.8 Å². The molecule has 2 aliphatic rings. The molecule has 0 amide bonds. The van der Waals surface area contributed by atoms with Crippen molar-refractivity contribution in [3.8, 4) is 5.75 Å². The van der Waals surface area contributed by atoms with Crippen LogP contribution in [0.15, 0.2) is 24.5 Å². The largest absolute Gasteiger partial charge is 0.486 e. The van der Waals surface area contributed by atoms with E-state index in [0.717, 1.165) is 12.8 Å². The van der Waals surface area contributed by atoms with Gasteiger partial charge in [-0.25, -0.2) is 8.42 Å². The summed E-state index contributed by atoms with van der Waals surface area (Å²) in [4.78, 5) is 3.95. The minimum Gasteiger partial charge on any atom is -0.486 e. The van der Waals surface area contributed by atoms with E-state index in [1.165, 1.54) is 4.31 Å². The van der Waals surface area contributed by atoms with Crippen molar-refractivity contribution in [2.45, 2.75) is 24.2 Å². The van der Waals surface area contributed by atoms with E-state index in [9.17, 15) is 8.42 Å². The Kier molecular flexibility index (Phi) is 2.56. The van der Waals surface area contributed by atoms with Gasteiger partial charge in [0.1, 0.15) is 11.9 Å². The standard InChI is InChI=1S/C11H14N2O3S/c14-17(15,11-3-4-11)13-7-10(8-13)16-9-2-1-5-12-6-9/h1-2,5-6,10-11H,3-4,7-8H2. The van der Waals surface area contributed by atoms with E-state index in [1.54, 1.807) is 18.5 Å². The van der Waals surface area contributed by atoms with Crippen LogP contribution in [0.5, 0.6) is 5.75 Å². The van der Waals surface area contributed by atoms with Gasteiger partial charge >= 0.3 is 0 Å². The molecule has 2 heterocycles. The second-order valence-corrected chi connectivity index (χ2v) is 6.70. The van der Waals surface area contributed by atoms with Gasteiger partial charge in [-0.15, -0.1) is 0 Å². The molecule has 92 valence electrons. The molecule has 1 aliphatic heterocycles. The van der Waals surface area contributed by atoms with Gasteiger partial charge in [-0.1, -0.05) is 0 Å². The van der Waals surface area contributed by atoms with Gasteiger partial charge in [0.2, 0.25) is 10.0 Å².